The van der Waals surface area contributed by atoms with Gasteiger partial charge >= 0.3 is 0 Å². The zero-order valence-electron chi connectivity index (χ0n) is 13.3. The van der Waals surface area contributed by atoms with E-state index in [1.807, 2.05) is 38.1 Å². The van der Waals surface area contributed by atoms with E-state index in [2.05, 4.69) is 9.97 Å². The van der Waals surface area contributed by atoms with Gasteiger partial charge in [-0.05, 0) is 31.5 Å². The van der Waals surface area contributed by atoms with Crippen molar-refractivity contribution in [1.82, 2.24) is 18.9 Å². The van der Waals surface area contributed by atoms with Crippen LogP contribution in [-0.2, 0) is 6.42 Å². The number of para-hydroxylation sites is 2. The topological polar surface area (TPSA) is 52.2 Å². The van der Waals surface area contributed by atoms with E-state index in [0.717, 1.165) is 16.7 Å². The fourth-order valence-electron chi connectivity index (χ4n) is 3.05. The summed E-state index contributed by atoms with van der Waals surface area (Å²) >= 11 is 6.05. The number of nitrogens with zero attached hydrogens (tertiary/aromatic N) is 4. The van der Waals surface area contributed by atoms with Crippen LogP contribution in [0.1, 0.15) is 28.9 Å². The van der Waals surface area contributed by atoms with Gasteiger partial charge in [0.25, 0.3) is 5.91 Å². The van der Waals surface area contributed by atoms with Crippen molar-refractivity contribution in [2.24, 2.45) is 0 Å². The third-order valence-electron chi connectivity index (χ3n) is 4.13. The number of fused-ring (bicyclic) bond motifs is 2. The molecule has 0 bridgehead atoms. The van der Waals surface area contributed by atoms with Gasteiger partial charge < -0.3 is 0 Å². The van der Waals surface area contributed by atoms with E-state index in [1.165, 1.54) is 0 Å². The Labute approximate surface area is 143 Å². The van der Waals surface area contributed by atoms with Gasteiger partial charge in [-0.3, -0.25) is 13.8 Å². The molecule has 0 aliphatic carbocycles. The van der Waals surface area contributed by atoms with Crippen LogP contribution in [0.15, 0.2) is 42.6 Å². The zero-order valence-corrected chi connectivity index (χ0v) is 14.1. The van der Waals surface area contributed by atoms with Gasteiger partial charge in [-0.25, -0.2) is 9.97 Å². The first-order valence-corrected chi connectivity index (χ1v) is 8.13. The van der Waals surface area contributed by atoms with E-state index in [1.54, 1.807) is 27.3 Å². The fraction of sp³-hybridized carbons (Fsp3) is 0.167. The standard InChI is InChI=1S/C18H15ClN4O/c1-3-13-17(22-9-8-12(19)10-16(22)21-13)18(24)23-11(2)20-14-6-4-5-7-15(14)23/h4-10H,3H2,1-2H3. The number of halogens is 1. The van der Waals surface area contributed by atoms with Gasteiger partial charge in [0.05, 0.1) is 16.7 Å². The molecule has 4 rings (SSSR count). The Morgan fingerprint density at radius 3 is 2.79 bits per heavy atom. The molecule has 24 heavy (non-hydrogen) atoms. The van der Waals surface area contributed by atoms with E-state index in [9.17, 15) is 4.79 Å². The van der Waals surface area contributed by atoms with Crippen LogP contribution >= 0.6 is 11.6 Å². The van der Waals surface area contributed by atoms with Gasteiger partial charge in [0.15, 0.2) is 0 Å². The number of aromatic nitrogens is 4. The average molecular weight is 339 g/mol. The summed E-state index contributed by atoms with van der Waals surface area (Å²) in [5, 5.41) is 0.596. The van der Waals surface area contributed by atoms with E-state index in [-0.39, 0.29) is 5.91 Å². The molecule has 120 valence electrons. The number of aryl methyl sites for hydroxylation is 2. The highest BCUT2D eigenvalue weighted by atomic mass is 35.5. The SMILES string of the molecule is CCc1nc2cc(Cl)ccn2c1C(=O)n1c(C)nc2ccccc21. The normalized spacial score (nSPS) is 11.5. The average Bonchev–Trinajstić information content (AvgIpc) is 3.10. The maximum Gasteiger partial charge on any atom is 0.282 e. The summed E-state index contributed by atoms with van der Waals surface area (Å²) in [6.45, 7) is 3.82. The first kappa shape index (κ1) is 14.9. The summed E-state index contributed by atoms with van der Waals surface area (Å²) in [7, 11) is 0. The van der Waals surface area contributed by atoms with E-state index >= 15 is 0 Å². The van der Waals surface area contributed by atoms with Crippen LogP contribution in [0.5, 0.6) is 0 Å². The second kappa shape index (κ2) is 5.46. The molecule has 0 saturated heterocycles. The van der Waals surface area contributed by atoms with Crippen molar-refractivity contribution < 1.29 is 4.79 Å². The Hall–Kier alpha value is -2.66. The van der Waals surface area contributed by atoms with Crippen molar-refractivity contribution >= 4 is 34.2 Å². The Bertz CT molecular complexity index is 1090. The summed E-state index contributed by atoms with van der Waals surface area (Å²) in [5.74, 6) is 0.528. The summed E-state index contributed by atoms with van der Waals surface area (Å²) in [4.78, 5) is 22.4. The molecule has 0 aliphatic rings. The molecule has 0 unspecified atom stereocenters. The van der Waals surface area contributed by atoms with E-state index < -0.39 is 0 Å². The predicted molar refractivity (Wildman–Crippen MR) is 93.8 cm³/mol. The van der Waals surface area contributed by atoms with Crippen molar-refractivity contribution in [3.05, 3.63) is 64.8 Å². The van der Waals surface area contributed by atoms with Crippen LogP contribution in [0.4, 0.5) is 0 Å². The Morgan fingerprint density at radius 2 is 2.00 bits per heavy atom. The summed E-state index contributed by atoms with van der Waals surface area (Å²) in [6.07, 6.45) is 2.44. The van der Waals surface area contributed by atoms with Crippen molar-refractivity contribution in [3.63, 3.8) is 0 Å². The molecule has 0 atom stereocenters. The lowest BCUT2D eigenvalue weighted by Crippen LogP contribution is -2.17. The van der Waals surface area contributed by atoms with Crippen LogP contribution in [0, 0.1) is 6.92 Å². The molecule has 1 aromatic carbocycles. The van der Waals surface area contributed by atoms with E-state index in [0.29, 0.717) is 28.6 Å². The molecule has 0 N–H and O–H groups in total. The second-order valence-electron chi connectivity index (χ2n) is 5.62. The first-order valence-electron chi connectivity index (χ1n) is 7.75. The third kappa shape index (κ3) is 2.12. The van der Waals surface area contributed by atoms with Crippen molar-refractivity contribution in [3.8, 4) is 0 Å². The number of carbonyl (C=O) groups is 1. The minimum atomic E-state index is -0.132. The Kier molecular flexibility index (Phi) is 3.39. The van der Waals surface area contributed by atoms with Crippen LogP contribution in [-0.4, -0.2) is 24.8 Å². The summed E-state index contributed by atoms with van der Waals surface area (Å²) in [6, 6.07) is 11.1. The molecule has 0 fully saturated rings. The van der Waals surface area contributed by atoms with Gasteiger partial charge in [0.1, 0.15) is 17.2 Å². The highest BCUT2D eigenvalue weighted by molar-refractivity contribution is 6.30. The highest BCUT2D eigenvalue weighted by Crippen LogP contribution is 2.22. The van der Waals surface area contributed by atoms with E-state index in [4.69, 9.17) is 11.6 Å². The molecular formula is C18H15ClN4O. The molecule has 5 nitrogen and oxygen atoms in total. The number of hydrogen-bond acceptors (Lipinski definition) is 3. The Balaban J connectivity index is 2.00. The zero-order chi connectivity index (χ0) is 16.8. The number of imidazole rings is 2. The number of benzene rings is 1. The fourth-order valence-corrected chi connectivity index (χ4v) is 3.20. The van der Waals surface area contributed by atoms with Crippen LogP contribution in [0.2, 0.25) is 5.02 Å². The maximum atomic E-state index is 13.3. The molecule has 0 amide bonds. The Morgan fingerprint density at radius 1 is 1.21 bits per heavy atom. The maximum absolute atomic E-state index is 13.3. The van der Waals surface area contributed by atoms with Gasteiger partial charge in [-0.2, -0.15) is 0 Å². The van der Waals surface area contributed by atoms with Gasteiger partial charge in [0.2, 0.25) is 0 Å². The number of pyridine rings is 1. The highest BCUT2D eigenvalue weighted by Gasteiger charge is 2.23. The second-order valence-corrected chi connectivity index (χ2v) is 6.06. The molecule has 4 aromatic rings. The first-order chi connectivity index (χ1) is 11.6. The van der Waals surface area contributed by atoms with Gasteiger partial charge in [-0.1, -0.05) is 30.7 Å². The van der Waals surface area contributed by atoms with Crippen molar-refractivity contribution in [2.75, 3.05) is 0 Å². The third-order valence-corrected chi connectivity index (χ3v) is 4.36. The van der Waals surface area contributed by atoms with Crippen molar-refractivity contribution in [2.45, 2.75) is 20.3 Å². The lowest BCUT2D eigenvalue weighted by atomic mass is 10.2. The predicted octanol–water partition coefficient (Wildman–Crippen LogP) is 3.90. The lowest BCUT2D eigenvalue weighted by molar-refractivity contribution is 0.0955. The summed E-state index contributed by atoms with van der Waals surface area (Å²) < 4.78 is 3.44. The quantitative estimate of drug-likeness (QED) is 0.557. The minimum absolute atomic E-state index is 0.132. The number of rotatable bonds is 2. The number of hydrogen-bond donors (Lipinski definition) is 0. The van der Waals surface area contributed by atoms with Gasteiger partial charge in [0, 0.05) is 17.3 Å². The van der Waals surface area contributed by atoms with Crippen molar-refractivity contribution in [1.29, 1.82) is 0 Å². The van der Waals surface area contributed by atoms with Gasteiger partial charge in [-0.15, -0.1) is 0 Å². The monoisotopic (exact) mass is 338 g/mol. The molecule has 3 heterocycles. The molecule has 0 radical (unpaired) electrons. The molecule has 0 aliphatic heterocycles. The smallest absolute Gasteiger partial charge is 0.282 e. The minimum Gasteiger partial charge on any atom is -0.295 e. The largest absolute Gasteiger partial charge is 0.295 e. The molecule has 3 aromatic heterocycles. The number of carbonyl (C=O) groups excluding carboxylic acids is 1. The van der Waals surface area contributed by atoms with Crippen LogP contribution < -0.4 is 0 Å². The molecule has 0 saturated carbocycles. The lowest BCUT2D eigenvalue weighted by Gasteiger charge is -2.07. The van der Waals surface area contributed by atoms with Crippen LogP contribution in [0.3, 0.4) is 0 Å². The molecular weight excluding hydrogens is 324 g/mol. The summed E-state index contributed by atoms with van der Waals surface area (Å²) in [5.41, 5.74) is 3.57. The molecule has 6 heteroatoms. The van der Waals surface area contributed by atoms with Crippen LogP contribution in [0.25, 0.3) is 16.7 Å². The molecule has 0 spiro atoms.